The lowest BCUT2D eigenvalue weighted by atomic mass is 10.1. The minimum atomic E-state index is -3.92. The second-order valence-electron chi connectivity index (χ2n) is 15.1. The number of nitrogens with zero attached hydrogens (tertiary/aromatic N) is 2. The molecule has 53 heavy (non-hydrogen) atoms. The van der Waals surface area contributed by atoms with Crippen LogP contribution in [0.4, 0.5) is 5.69 Å². The summed E-state index contributed by atoms with van der Waals surface area (Å²) >= 11 is 0. The van der Waals surface area contributed by atoms with Crippen LogP contribution in [0.2, 0.25) is 0 Å². The number of aliphatic hydroxyl groups excluding tert-OH is 1. The van der Waals surface area contributed by atoms with E-state index in [1.165, 1.54) is 157 Å². The van der Waals surface area contributed by atoms with Gasteiger partial charge in [-0.05, 0) is 37.8 Å². The monoisotopic (exact) mass is 769 g/mol. The zero-order chi connectivity index (χ0) is 38.7. The SMILES string of the molecule is CCCCCCCCCCCCCCOCC(CN(CCCCCCO)S(=O)(=O)c1ccc([N+](=O)[O-])cc1)OCCCCCCCCCCCCCC. The molecule has 9 nitrogen and oxygen atoms in total. The van der Waals surface area contributed by atoms with Gasteiger partial charge in [-0.25, -0.2) is 8.42 Å². The molecule has 1 rings (SSSR count). The van der Waals surface area contributed by atoms with E-state index in [1.54, 1.807) is 0 Å². The number of sulfonamides is 1. The number of ether oxygens (including phenoxy) is 2. The van der Waals surface area contributed by atoms with E-state index in [1.807, 2.05) is 0 Å². The summed E-state index contributed by atoms with van der Waals surface area (Å²) in [7, 11) is -3.92. The molecule has 0 heterocycles. The average molecular weight is 769 g/mol. The van der Waals surface area contributed by atoms with Gasteiger partial charge in [-0.15, -0.1) is 0 Å². The van der Waals surface area contributed by atoms with Gasteiger partial charge < -0.3 is 14.6 Å². The van der Waals surface area contributed by atoms with Gasteiger partial charge in [0.05, 0.1) is 22.5 Å². The van der Waals surface area contributed by atoms with Crippen LogP contribution in [0, 0.1) is 10.1 Å². The first-order valence-corrected chi connectivity index (χ1v) is 23.4. The number of nitro groups is 1. The maximum absolute atomic E-state index is 13.9. The van der Waals surface area contributed by atoms with Crippen LogP contribution in [-0.4, -0.2) is 68.4 Å². The van der Waals surface area contributed by atoms with Gasteiger partial charge in [0, 0.05) is 45.0 Å². The van der Waals surface area contributed by atoms with Gasteiger partial charge in [0.25, 0.3) is 5.69 Å². The minimum absolute atomic E-state index is 0.0376. The van der Waals surface area contributed by atoms with Crippen molar-refractivity contribution < 1.29 is 27.9 Å². The van der Waals surface area contributed by atoms with E-state index in [9.17, 15) is 23.6 Å². The van der Waals surface area contributed by atoms with Crippen molar-refractivity contribution in [3.63, 3.8) is 0 Å². The van der Waals surface area contributed by atoms with E-state index in [4.69, 9.17) is 9.47 Å². The van der Waals surface area contributed by atoms with E-state index >= 15 is 0 Å². The van der Waals surface area contributed by atoms with Crippen molar-refractivity contribution in [3.05, 3.63) is 34.4 Å². The Morgan fingerprint density at radius 1 is 0.623 bits per heavy atom. The van der Waals surface area contributed by atoms with Crippen LogP contribution >= 0.6 is 0 Å². The molecule has 0 fully saturated rings. The summed E-state index contributed by atoms with van der Waals surface area (Å²) in [6.45, 7) is 6.63. The van der Waals surface area contributed by atoms with Crippen molar-refractivity contribution in [3.8, 4) is 0 Å². The number of benzene rings is 1. The first-order valence-electron chi connectivity index (χ1n) is 21.9. The van der Waals surface area contributed by atoms with Crippen molar-refractivity contribution in [2.24, 2.45) is 0 Å². The Labute approximate surface area is 325 Å². The number of aliphatic hydroxyl groups is 1. The molecule has 1 atom stereocenters. The van der Waals surface area contributed by atoms with Crippen LogP contribution in [-0.2, 0) is 19.5 Å². The number of hydrogen-bond acceptors (Lipinski definition) is 7. The highest BCUT2D eigenvalue weighted by Gasteiger charge is 2.28. The Morgan fingerprint density at radius 2 is 1.04 bits per heavy atom. The number of hydrogen-bond donors (Lipinski definition) is 1. The Hall–Kier alpha value is -1.59. The Balaban J connectivity index is 2.67. The highest BCUT2D eigenvalue weighted by molar-refractivity contribution is 7.89. The van der Waals surface area contributed by atoms with Crippen LogP contribution in [0.25, 0.3) is 0 Å². The first kappa shape index (κ1) is 49.4. The predicted octanol–water partition coefficient (Wildman–Crippen LogP) is 11.9. The van der Waals surface area contributed by atoms with Crippen LogP contribution in [0.1, 0.15) is 194 Å². The fourth-order valence-corrected chi connectivity index (χ4v) is 8.30. The molecule has 0 aliphatic carbocycles. The Kier molecular flexibility index (Phi) is 32.5. The Morgan fingerprint density at radius 3 is 1.49 bits per heavy atom. The van der Waals surface area contributed by atoms with E-state index < -0.39 is 21.1 Å². The molecule has 0 radical (unpaired) electrons. The van der Waals surface area contributed by atoms with Crippen molar-refractivity contribution >= 4 is 15.7 Å². The molecule has 1 N–H and O–H groups in total. The lowest BCUT2D eigenvalue weighted by Crippen LogP contribution is -2.41. The molecular formula is C43H80N2O7S. The van der Waals surface area contributed by atoms with E-state index in [2.05, 4.69) is 13.8 Å². The summed E-state index contributed by atoms with van der Waals surface area (Å²) in [6.07, 6.45) is 33.1. The summed E-state index contributed by atoms with van der Waals surface area (Å²) in [5, 5.41) is 20.4. The highest BCUT2D eigenvalue weighted by Crippen LogP contribution is 2.22. The summed E-state index contributed by atoms with van der Waals surface area (Å²) in [5.41, 5.74) is -0.144. The quantitative estimate of drug-likeness (QED) is 0.0401. The van der Waals surface area contributed by atoms with Crippen molar-refractivity contribution in [2.45, 2.75) is 205 Å². The lowest BCUT2D eigenvalue weighted by Gasteiger charge is -2.27. The fourth-order valence-electron chi connectivity index (χ4n) is 6.79. The smallest absolute Gasteiger partial charge is 0.269 e. The van der Waals surface area contributed by atoms with Crippen molar-refractivity contribution in [2.75, 3.05) is 39.5 Å². The van der Waals surface area contributed by atoms with Crippen LogP contribution in [0.5, 0.6) is 0 Å². The Bertz CT molecular complexity index is 1070. The van der Waals surface area contributed by atoms with Gasteiger partial charge in [-0.1, -0.05) is 168 Å². The van der Waals surface area contributed by atoms with Gasteiger partial charge in [-0.2, -0.15) is 4.31 Å². The minimum Gasteiger partial charge on any atom is -0.396 e. The zero-order valence-electron chi connectivity index (χ0n) is 34.1. The third-order valence-corrected chi connectivity index (χ3v) is 12.1. The van der Waals surface area contributed by atoms with Crippen molar-refractivity contribution in [1.29, 1.82) is 0 Å². The largest absolute Gasteiger partial charge is 0.396 e. The number of rotatable bonds is 40. The molecule has 0 saturated heterocycles. The van der Waals surface area contributed by atoms with Gasteiger partial charge in [0.1, 0.15) is 0 Å². The molecule has 310 valence electrons. The van der Waals surface area contributed by atoms with E-state index in [0.29, 0.717) is 39.2 Å². The van der Waals surface area contributed by atoms with E-state index in [-0.39, 0.29) is 23.7 Å². The molecule has 1 aromatic carbocycles. The topological polar surface area (TPSA) is 119 Å². The summed E-state index contributed by atoms with van der Waals surface area (Å²) in [6, 6.07) is 5.12. The third-order valence-electron chi connectivity index (χ3n) is 10.2. The number of non-ortho nitro benzene ring substituents is 1. The molecule has 10 heteroatoms. The molecule has 1 aromatic rings. The standard InChI is InChI=1S/C43H80N2O7S/c1-3-5-7-9-11-13-15-17-19-21-25-29-37-51-40-42(52-38-30-26-22-20-18-16-14-12-10-8-6-4-2)39-44(35-27-23-24-28-36-46)53(49,50)43-33-31-41(32-34-43)45(47)48/h31-34,42,46H,3-30,35-40H2,1-2H3. The van der Waals surface area contributed by atoms with Gasteiger partial charge in [0.15, 0.2) is 0 Å². The third kappa shape index (κ3) is 26.8. The molecule has 0 amide bonds. The van der Waals surface area contributed by atoms with Gasteiger partial charge >= 0.3 is 0 Å². The normalized spacial score (nSPS) is 12.5. The average Bonchev–Trinajstić information content (AvgIpc) is 3.15. The van der Waals surface area contributed by atoms with Crippen molar-refractivity contribution in [1.82, 2.24) is 4.31 Å². The molecule has 0 aliphatic heterocycles. The molecule has 0 aromatic heterocycles. The second kappa shape index (κ2) is 34.9. The molecule has 0 spiro atoms. The summed E-state index contributed by atoms with van der Waals surface area (Å²) < 4.78 is 41.7. The molecule has 0 bridgehead atoms. The van der Waals surface area contributed by atoms with Crippen LogP contribution in [0.3, 0.4) is 0 Å². The molecule has 1 unspecified atom stereocenters. The maximum Gasteiger partial charge on any atom is 0.269 e. The molecule has 0 aliphatic rings. The predicted molar refractivity (Wildman–Crippen MR) is 220 cm³/mol. The number of nitro benzene ring substituents is 1. The summed E-state index contributed by atoms with van der Waals surface area (Å²) in [5.74, 6) is 0. The maximum atomic E-state index is 13.9. The zero-order valence-corrected chi connectivity index (χ0v) is 34.9. The molecular weight excluding hydrogens is 689 g/mol. The first-order chi connectivity index (χ1) is 25.9. The summed E-state index contributed by atoms with van der Waals surface area (Å²) in [4.78, 5) is 10.7. The molecule has 0 saturated carbocycles. The lowest BCUT2D eigenvalue weighted by molar-refractivity contribution is -0.384. The van der Waals surface area contributed by atoms with Crippen LogP contribution in [0.15, 0.2) is 29.2 Å². The number of unbranched alkanes of at least 4 members (excludes halogenated alkanes) is 25. The van der Waals surface area contributed by atoms with Gasteiger partial charge in [0.2, 0.25) is 10.0 Å². The van der Waals surface area contributed by atoms with E-state index in [0.717, 1.165) is 38.5 Å². The fraction of sp³-hybridized carbons (Fsp3) is 0.860. The highest BCUT2D eigenvalue weighted by atomic mass is 32.2. The van der Waals surface area contributed by atoms with Gasteiger partial charge in [-0.3, -0.25) is 10.1 Å². The van der Waals surface area contributed by atoms with Crippen LogP contribution < -0.4 is 0 Å². The second-order valence-corrected chi connectivity index (χ2v) is 17.0.